The molecule has 5 N–H and O–H groups in total. The zero-order valence-corrected chi connectivity index (χ0v) is 32.7. The molecule has 3 aromatic carbocycles. The third-order valence-corrected chi connectivity index (χ3v) is 5.48. The summed E-state index contributed by atoms with van der Waals surface area (Å²) in [5, 5.41) is 26.6. The van der Waals surface area contributed by atoms with Gasteiger partial charge in [0.25, 0.3) is 21.1 Å². The van der Waals surface area contributed by atoms with Crippen LogP contribution in [-0.4, -0.2) is 32.8 Å². The Kier molecular flexibility index (Phi) is 34.1. The van der Waals surface area contributed by atoms with E-state index >= 15 is 0 Å². The number of para-hydroxylation sites is 1. The number of hydrogen-bond donors (Lipinski definition) is 5. The number of benzene rings is 3. The molecule has 0 unspecified atom stereocenters. The van der Waals surface area contributed by atoms with Crippen LogP contribution >= 0.6 is 17.0 Å². The van der Waals surface area contributed by atoms with Crippen LogP contribution in [0.25, 0.3) is 0 Å². The van der Waals surface area contributed by atoms with Crippen LogP contribution in [0.1, 0.15) is 0 Å². The van der Waals surface area contributed by atoms with Crippen molar-refractivity contribution in [3.05, 3.63) is 85.3 Å². The zero-order chi connectivity index (χ0) is 26.5. The van der Waals surface area contributed by atoms with Gasteiger partial charge in [-0.25, -0.2) is 4.39 Å². The van der Waals surface area contributed by atoms with Gasteiger partial charge in [-0.3, -0.25) is 9.11 Å². The van der Waals surface area contributed by atoms with Crippen molar-refractivity contribution in [3.8, 4) is 17.2 Å². The van der Waals surface area contributed by atoms with Crippen molar-refractivity contribution in [2.24, 2.45) is 0 Å². The Hall–Kier alpha value is 1.66. The standard InChI is InChI=1S/C12H8F2IO2.C6H5FO.2BrH.IO3.K.Na.H2O4S/c13-9-5-7(1-3-11(9)16)15-8-2-4-12(17)10(14)6-8;7-5-3-1-2-4-6(5)8;;;2-1(3)4;;;1-5(2,3)4/h1-6,16-17H;1-4,8H;2*1H;;;;(H2,1,2,3,4)/q-1;;;;-1;2*+1;/p-1. The fraction of sp³-hybridized carbons (Fsp3) is 0. The molecule has 0 radical (unpaired) electrons. The van der Waals surface area contributed by atoms with Gasteiger partial charge in [0.1, 0.15) is 0 Å². The Bertz CT molecular complexity index is 1090. The molecule has 0 saturated carbocycles. The summed E-state index contributed by atoms with van der Waals surface area (Å²) >= 11 is -4.75. The smallest absolute Gasteiger partial charge is 1.00 e. The summed E-state index contributed by atoms with van der Waals surface area (Å²) < 4.78 is 97.0. The predicted molar refractivity (Wildman–Crippen MR) is 106 cm³/mol. The molecule has 0 fully saturated rings. The molecule has 0 aliphatic carbocycles. The van der Waals surface area contributed by atoms with E-state index in [0.29, 0.717) is 0 Å². The van der Waals surface area contributed by atoms with E-state index in [1.807, 2.05) is 0 Å². The Morgan fingerprint density at radius 1 is 0.711 bits per heavy atom. The first kappa shape index (κ1) is 49.3. The SMILES string of the molecule is Br.O=S(=O)(O)O.Oc1ccc([I-]c2ccc(O)c(F)c2)cc1F.Oc1ccccc1F.[Br-].[K+].[Na+].[O-][I+2]([O-])[O-]. The zero-order valence-electron chi connectivity index (χ0n) is 19.1. The van der Waals surface area contributed by atoms with E-state index in [9.17, 15) is 13.2 Å². The van der Waals surface area contributed by atoms with E-state index in [1.165, 1.54) is 42.5 Å². The van der Waals surface area contributed by atoms with E-state index in [0.717, 1.165) is 7.14 Å². The van der Waals surface area contributed by atoms with Crippen molar-refractivity contribution in [3.63, 3.8) is 0 Å². The topological polar surface area (TPSA) is 204 Å². The Morgan fingerprint density at radius 3 is 1.24 bits per heavy atom. The molecule has 0 aromatic heterocycles. The summed E-state index contributed by atoms with van der Waals surface area (Å²) in [6, 6.07) is 13.9. The summed E-state index contributed by atoms with van der Waals surface area (Å²) in [6.07, 6.45) is 0. The normalized spacial score (nSPS) is 9.18. The third kappa shape index (κ3) is 27.8. The molecule has 20 heteroatoms. The summed E-state index contributed by atoms with van der Waals surface area (Å²) in [5.74, 6) is -3.02. The third-order valence-electron chi connectivity index (χ3n) is 2.89. The van der Waals surface area contributed by atoms with Crippen LogP contribution in [-0.2, 0) is 10.4 Å². The Morgan fingerprint density at radius 2 is 1.00 bits per heavy atom. The average Bonchev–Trinajstić information content (AvgIpc) is 2.69. The molecule has 38 heavy (non-hydrogen) atoms. The molecular formula is C18H16Br2F3I2KNaO10S-. The molecule has 3 aromatic rings. The summed E-state index contributed by atoms with van der Waals surface area (Å²) in [5.41, 5.74) is 0. The molecule has 0 atom stereocenters. The minimum atomic E-state index is -4.67. The minimum Gasteiger partial charge on any atom is -1.00 e. The van der Waals surface area contributed by atoms with E-state index in [-0.39, 0.29) is 121 Å². The second-order valence-corrected chi connectivity index (χ2v) is 10.4. The second kappa shape index (κ2) is 26.3. The van der Waals surface area contributed by atoms with Crippen LogP contribution in [0.4, 0.5) is 13.2 Å². The van der Waals surface area contributed by atoms with Crippen LogP contribution in [0.3, 0.4) is 0 Å². The van der Waals surface area contributed by atoms with E-state index < -0.39 is 81.6 Å². The van der Waals surface area contributed by atoms with Gasteiger partial charge in [-0.05, 0) is 12.1 Å². The molecular weight excluding hydrogens is 941 g/mol. The number of rotatable bonds is 2. The molecule has 0 saturated heterocycles. The van der Waals surface area contributed by atoms with Crippen molar-refractivity contribution in [2.45, 2.75) is 0 Å². The van der Waals surface area contributed by atoms with Crippen LogP contribution in [0, 0.1) is 24.6 Å². The van der Waals surface area contributed by atoms with E-state index in [2.05, 4.69) is 0 Å². The number of aromatic hydroxyl groups is 3. The van der Waals surface area contributed by atoms with Gasteiger partial charge in [0.2, 0.25) is 0 Å². The molecule has 0 aliphatic heterocycles. The molecule has 206 valence electrons. The van der Waals surface area contributed by atoms with Crippen molar-refractivity contribution >= 4 is 27.4 Å². The van der Waals surface area contributed by atoms with Crippen LogP contribution < -0.4 is 151 Å². The van der Waals surface area contributed by atoms with Gasteiger partial charge in [0.15, 0.2) is 11.6 Å². The fourth-order valence-corrected chi connectivity index (χ4v) is 3.95. The maximum absolute atomic E-state index is 13.1. The quantitative estimate of drug-likeness (QED) is 0.0934. The van der Waals surface area contributed by atoms with Crippen LogP contribution in [0.5, 0.6) is 17.2 Å². The summed E-state index contributed by atoms with van der Waals surface area (Å²) in [6.45, 7) is 0. The first-order chi connectivity index (χ1) is 15.6. The second-order valence-electron chi connectivity index (χ2n) is 5.37. The Labute approximate surface area is 320 Å². The minimum absolute atomic E-state index is 0. The first-order valence-electron chi connectivity index (χ1n) is 8.08. The monoisotopic (exact) mass is 955 g/mol. The van der Waals surface area contributed by atoms with Gasteiger partial charge in [0.05, 0.1) is 0 Å². The van der Waals surface area contributed by atoms with Crippen LogP contribution in [0.15, 0.2) is 60.7 Å². The van der Waals surface area contributed by atoms with Gasteiger partial charge >= 0.3 is 198 Å². The molecule has 0 amide bonds. The van der Waals surface area contributed by atoms with Gasteiger partial charge < -0.3 is 32.4 Å². The Balaban J connectivity index is -0.000000147. The fourth-order valence-electron chi connectivity index (χ4n) is 1.66. The number of phenolic OH excluding ortho intramolecular Hbond substituents is 3. The van der Waals surface area contributed by atoms with E-state index in [1.54, 1.807) is 18.2 Å². The first-order valence-corrected chi connectivity index (χ1v) is 14.3. The maximum atomic E-state index is 13.1. The predicted octanol–water partition coefficient (Wildman–Crippen LogP) is -14.6. The molecule has 0 bridgehead atoms. The van der Waals surface area contributed by atoms with Gasteiger partial charge in [-0.15, -0.1) is 17.0 Å². The average molecular weight is 957 g/mol. The van der Waals surface area contributed by atoms with Crippen molar-refractivity contribution in [1.82, 2.24) is 0 Å². The molecule has 0 aliphatic rings. The number of phenols is 3. The van der Waals surface area contributed by atoms with Crippen molar-refractivity contribution < 1.29 is 197 Å². The van der Waals surface area contributed by atoms with Gasteiger partial charge in [0, 0.05) is 0 Å². The molecule has 0 spiro atoms. The summed E-state index contributed by atoms with van der Waals surface area (Å²) in [7, 11) is -4.67. The van der Waals surface area contributed by atoms with Crippen LogP contribution in [0.2, 0.25) is 0 Å². The van der Waals surface area contributed by atoms with Gasteiger partial charge in [-0.2, -0.15) is 8.42 Å². The van der Waals surface area contributed by atoms with Crippen molar-refractivity contribution in [1.29, 1.82) is 0 Å². The van der Waals surface area contributed by atoms with Crippen molar-refractivity contribution in [2.75, 3.05) is 0 Å². The molecule has 0 heterocycles. The number of halogens is 7. The molecule has 3 rings (SSSR count). The number of hydrogen-bond acceptors (Lipinski definition) is 8. The largest absolute Gasteiger partial charge is 1.00 e. The maximum Gasteiger partial charge on any atom is 1.00 e. The van der Waals surface area contributed by atoms with Gasteiger partial charge in [-0.1, -0.05) is 12.1 Å². The summed E-state index contributed by atoms with van der Waals surface area (Å²) in [4.78, 5) is 0. The van der Waals surface area contributed by atoms with E-state index in [4.69, 9.17) is 43.2 Å². The molecule has 10 nitrogen and oxygen atoms in total.